The van der Waals surface area contributed by atoms with Gasteiger partial charge in [-0.1, -0.05) is 0 Å². The molecule has 0 radical (unpaired) electrons. The quantitative estimate of drug-likeness (QED) is 0.716. The molecular weight excluding hydrogens is 190 g/mol. The van der Waals surface area contributed by atoms with Crippen molar-refractivity contribution in [3.8, 4) is 0 Å². The second kappa shape index (κ2) is 4.62. The van der Waals surface area contributed by atoms with Gasteiger partial charge in [0.15, 0.2) is 0 Å². The minimum atomic E-state index is -0.0945. The number of rotatable bonds is 3. The van der Waals surface area contributed by atoms with Crippen molar-refractivity contribution in [1.82, 2.24) is 4.90 Å². The van der Waals surface area contributed by atoms with Crippen LogP contribution in [0.5, 0.6) is 0 Å². The molecule has 15 heavy (non-hydrogen) atoms. The van der Waals surface area contributed by atoms with Gasteiger partial charge in [-0.15, -0.1) is 0 Å². The molecule has 2 unspecified atom stereocenters. The molecule has 0 spiro atoms. The molecule has 1 aliphatic heterocycles. The highest BCUT2D eigenvalue weighted by Gasteiger charge is 2.33. The Bertz CT molecular complexity index is 238. The summed E-state index contributed by atoms with van der Waals surface area (Å²) in [6.07, 6.45) is 0.895. The van der Waals surface area contributed by atoms with Crippen molar-refractivity contribution < 1.29 is 9.53 Å². The highest BCUT2D eigenvalue weighted by molar-refractivity contribution is 5.76. The Balaban J connectivity index is 2.57. The number of nitrogens with zero attached hydrogens (tertiary/aromatic N) is 1. The molecule has 2 atom stereocenters. The van der Waals surface area contributed by atoms with Crippen molar-refractivity contribution in [2.24, 2.45) is 0 Å². The molecule has 1 heterocycles. The highest BCUT2D eigenvalue weighted by atomic mass is 16.5. The summed E-state index contributed by atoms with van der Waals surface area (Å²) in [6.45, 7) is 11.9. The predicted molar refractivity (Wildman–Crippen MR) is 61.0 cm³/mol. The monoisotopic (exact) mass is 213 g/mol. The molecule has 0 saturated carbocycles. The summed E-state index contributed by atoms with van der Waals surface area (Å²) in [6, 6.07) is 0.327. The second-order valence-electron chi connectivity index (χ2n) is 5.37. The molecule has 1 rings (SSSR count). The van der Waals surface area contributed by atoms with E-state index >= 15 is 0 Å². The van der Waals surface area contributed by atoms with E-state index in [1.165, 1.54) is 0 Å². The van der Waals surface area contributed by atoms with Gasteiger partial charge in [0.1, 0.15) is 5.78 Å². The maximum atomic E-state index is 11.1. The van der Waals surface area contributed by atoms with Crippen molar-refractivity contribution in [3.05, 3.63) is 0 Å². The van der Waals surface area contributed by atoms with Gasteiger partial charge in [0, 0.05) is 25.6 Å². The number of ketones is 1. The van der Waals surface area contributed by atoms with Crippen LogP contribution in [0.4, 0.5) is 0 Å². The lowest BCUT2D eigenvalue weighted by Gasteiger charge is -2.44. The minimum absolute atomic E-state index is 0.0945. The first-order valence-electron chi connectivity index (χ1n) is 5.71. The van der Waals surface area contributed by atoms with Crippen LogP contribution in [0, 0.1) is 0 Å². The maximum absolute atomic E-state index is 11.1. The number of hydrogen-bond acceptors (Lipinski definition) is 3. The van der Waals surface area contributed by atoms with Gasteiger partial charge in [-0.25, -0.2) is 0 Å². The average Bonchev–Trinajstić information content (AvgIpc) is 1.98. The van der Waals surface area contributed by atoms with E-state index in [-0.39, 0.29) is 17.5 Å². The molecule has 0 aromatic carbocycles. The standard InChI is InChI=1S/C12H23NO2/c1-9(6-10(2)14)13-7-11(3)15-12(4,5)8-13/h9,11H,6-8H2,1-5H3. The van der Waals surface area contributed by atoms with E-state index in [1.54, 1.807) is 6.92 Å². The van der Waals surface area contributed by atoms with Gasteiger partial charge in [-0.2, -0.15) is 0 Å². The average molecular weight is 213 g/mol. The first-order chi connectivity index (χ1) is 6.80. The third-order valence-electron chi connectivity index (χ3n) is 2.80. The molecule has 0 bridgehead atoms. The summed E-state index contributed by atoms with van der Waals surface area (Å²) >= 11 is 0. The first kappa shape index (κ1) is 12.7. The van der Waals surface area contributed by atoms with E-state index in [0.29, 0.717) is 12.5 Å². The molecular formula is C12H23NO2. The highest BCUT2D eigenvalue weighted by Crippen LogP contribution is 2.23. The maximum Gasteiger partial charge on any atom is 0.131 e. The van der Waals surface area contributed by atoms with Crippen molar-refractivity contribution in [2.75, 3.05) is 13.1 Å². The Labute approximate surface area is 92.8 Å². The number of Topliss-reactive ketones (excluding diaryl/α,β-unsaturated/α-hetero) is 1. The van der Waals surface area contributed by atoms with E-state index in [1.807, 2.05) is 0 Å². The van der Waals surface area contributed by atoms with Crippen LogP contribution in [0.15, 0.2) is 0 Å². The fourth-order valence-electron chi connectivity index (χ4n) is 2.38. The van der Waals surface area contributed by atoms with Gasteiger partial charge in [-0.3, -0.25) is 9.69 Å². The van der Waals surface area contributed by atoms with Crippen LogP contribution >= 0.6 is 0 Å². The van der Waals surface area contributed by atoms with Gasteiger partial charge in [0.25, 0.3) is 0 Å². The number of carbonyl (C=O) groups is 1. The number of hydrogen-bond donors (Lipinski definition) is 0. The number of ether oxygens (including phenoxy) is 1. The molecule has 0 N–H and O–H groups in total. The van der Waals surface area contributed by atoms with Gasteiger partial charge in [-0.05, 0) is 34.6 Å². The van der Waals surface area contributed by atoms with Crippen molar-refractivity contribution in [3.63, 3.8) is 0 Å². The van der Waals surface area contributed by atoms with E-state index in [9.17, 15) is 4.79 Å². The molecule has 0 aliphatic carbocycles. The van der Waals surface area contributed by atoms with E-state index < -0.39 is 0 Å². The number of carbonyl (C=O) groups excluding carboxylic acids is 1. The van der Waals surface area contributed by atoms with Crippen LogP contribution in [0.3, 0.4) is 0 Å². The molecule has 3 nitrogen and oxygen atoms in total. The molecule has 88 valence electrons. The van der Waals surface area contributed by atoms with Crippen molar-refractivity contribution in [1.29, 1.82) is 0 Å². The molecule has 3 heteroatoms. The SMILES string of the molecule is CC(=O)CC(C)N1CC(C)OC(C)(C)C1. The lowest BCUT2D eigenvalue weighted by Crippen LogP contribution is -2.54. The smallest absolute Gasteiger partial charge is 0.131 e. The zero-order chi connectivity index (χ0) is 11.6. The molecule has 0 aromatic heterocycles. The summed E-state index contributed by atoms with van der Waals surface area (Å²) in [7, 11) is 0. The van der Waals surface area contributed by atoms with Crippen LogP contribution in [0.25, 0.3) is 0 Å². The number of morpholine rings is 1. The van der Waals surface area contributed by atoms with Gasteiger partial charge in [0.2, 0.25) is 0 Å². The van der Waals surface area contributed by atoms with E-state index in [4.69, 9.17) is 4.74 Å². The van der Waals surface area contributed by atoms with E-state index in [2.05, 4.69) is 32.6 Å². The second-order valence-corrected chi connectivity index (χ2v) is 5.37. The Hall–Kier alpha value is -0.410. The minimum Gasteiger partial charge on any atom is -0.370 e. The van der Waals surface area contributed by atoms with Crippen LogP contribution in [0.2, 0.25) is 0 Å². The van der Waals surface area contributed by atoms with Gasteiger partial charge < -0.3 is 4.74 Å². The largest absolute Gasteiger partial charge is 0.370 e. The van der Waals surface area contributed by atoms with Gasteiger partial charge >= 0.3 is 0 Å². The Kier molecular flexibility index (Phi) is 3.90. The van der Waals surface area contributed by atoms with Crippen molar-refractivity contribution in [2.45, 2.75) is 58.8 Å². The van der Waals surface area contributed by atoms with E-state index in [0.717, 1.165) is 13.1 Å². The molecule has 1 saturated heterocycles. The molecule has 0 amide bonds. The summed E-state index contributed by atoms with van der Waals surface area (Å²) in [5.41, 5.74) is -0.0945. The summed E-state index contributed by atoms with van der Waals surface area (Å²) < 4.78 is 5.83. The third kappa shape index (κ3) is 3.92. The lowest BCUT2D eigenvalue weighted by atomic mass is 10.0. The summed E-state index contributed by atoms with van der Waals surface area (Å²) in [4.78, 5) is 13.4. The third-order valence-corrected chi connectivity index (χ3v) is 2.80. The van der Waals surface area contributed by atoms with Crippen molar-refractivity contribution >= 4 is 5.78 Å². The fraction of sp³-hybridized carbons (Fsp3) is 0.917. The van der Waals surface area contributed by atoms with Gasteiger partial charge in [0.05, 0.1) is 11.7 Å². The summed E-state index contributed by atoms with van der Waals surface area (Å²) in [5, 5.41) is 0. The Morgan fingerprint density at radius 1 is 1.60 bits per heavy atom. The van der Waals surface area contributed by atoms with Crippen LogP contribution in [0.1, 0.15) is 41.0 Å². The summed E-state index contributed by atoms with van der Waals surface area (Å²) in [5.74, 6) is 0.263. The Morgan fingerprint density at radius 3 is 2.67 bits per heavy atom. The normalized spacial score (nSPS) is 28.7. The molecule has 0 aromatic rings. The fourth-order valence-corrected chi connectivity index (χ4v) is 2.38. The Morgan fingerprint density at radius 2 is 2.20 bits per heavy atom. The topological polar surface area (TPSA) is 29.5 Å². The zero-order valence-electron chi connectivity index (χ0n) is 10.5. The molecule has 1 fully saturated rings. The lowest BCUT2D eigenvalue weighted by molar-refractivity contribution is -0.140. The van der Waals surface area contributed by atoms with Crippen LogP contribution in [-0.2, 0) is 9.53 Å². The van der Waals surface area contributed by atoms with Crippen LogP contribution < -0.4 is 0 Å². The molecule has 1 aliphatic rings. The zero-order valence-corrected chi connectivity index (χ0v) is 10.5. The van der Waals surface area contributed by atoms with Crippen LogP contribution in [-0.4, -0.2) is 41.5 Å². The first-order valence-corrected chi connectivity index (χ1v) is 5.71. The predicted octanol–water partition coefficient (Wildman–Crippen LogP) is 1.85.